The van der Waals surface area contributed by atoms with E-state index in [1.54, 1.807) is 14.2 Å². The summed E-state index contributed by atoms with van der Waals surface area (Å²) in [6, 6.07) is 9.10. The smallest absolute Gasteiger partial charge is 0.231 e. The van der Waals surface area contributed by atoms with Crippen molar-refractivity contribution < 1.29 is 18.9 Å². The van der Waals surface area contributed by atoms with Crippen LogP contribution in [0.15, 0.2) is 24.3 Å². The van der Waals surface area contributed by atoms with Gasteiger partial charge in [-0.3, -0.25) is 0 Å². The molecule has 0 unspecified atom stereocenters. The largest absolute Gasteiger partial charge is 0.493 e. The van der Waals surface area contributed by atoms with Crippen molar-refractivity contribution in [3.8, 4) is 23.0 Å². The number of rotatable bonds is 5. The van der Waals surface area contributed by atoms with Crippen LogP contribution in [0.4, 0.5) is 0 Å². The zero-order chi connectivity index (χ0) is 22.5. The molecular weight excluding hydrogens is 414 g/mol. The first-order valence-electron chi connectivity index (χ1n) is 12.4. The quantitative estimate of drug-likeness (QED) is 0.545. The van der Waals surface area contributed by atoms with Crippen LogP contribution in [0.25, 0.3) is 11.3 Å². The molecule has 2 aromatic carbocycles. The highest BCUT2D eigenvalue weighted by atomic mass is 16.7. The molecule has 0 spiro atoms. The number of benzene rings is 2. The van der Waals surface area contributed by atoms with Gasteiger partial charge < -0.3 is 23.8 Å². The SMILES string of the molecule is CCCC1=C2c3cc4c(cc3CCN2[C@@H](C2CCCC2)c2c1ccc(OC)c2OC)OCO4. The number of hydrogen-bond acceptors (Lipinski definition) is 5. The molecule has 0 amide bonds. The molecule has 6 rings (SSSR count). The molecule has 0 bridgehead atoms. The van der Waals surface area contributed by atoms with Crippen molar-refractivity contribution in [1.29, 1.82) is 0 Å². The highest BCUT2D eigenvalue weighted by molar-refractivity contribution is 5.95. The minimum atomic E-state index is 0.307. The minimum absolute atomic E-state index is 0.307. The number of methoxy groups -OCH3 is 2. The fourth-order valence-electron chi connectivity index (χ4n) is 6.59. The van der Waals surface area contributed by atoms with Crippen LogP contribution in [-0.4, -0.2) is 32.5 Å². The highest BCUT2D eigenvalue weighted by Gasteiger charge is 2.43. The summed E-state index contributed by atoms with van der Waals surface area (Å²) >= 11 is 0. The molecular formula is C28H33NO4. The van der Waals surface area contributed by atoms with E-state index >= 15 is 0 Å². The lowest BCUT2D eigenvalue weighted by Crippen LogP contribution is -2.40. The number of allylic oxidation sites excluding steroid dienone is 1. The van der Waals surface area contributed by atoms with Crippen LogP contribution in [0.3, 0.4) is 0 Å². The molecule has 174 valence electrons. The summed E-state index contributed by atoms with van der Waals surface area (Å²) in [5.74, 6) is 4.12. The zero-order valence-electron chi connectivity index (χ0n) is 19.9. The Labute approximate surface area is 196 Å². The van der Waals surface area contributed by atoms with Gasteiger partial charge in [-0.1, -0.05) is 32.3 Å². The predicted octanol–water partition coefficient (Wildman–Crippen LogP) is 6.20. The summed E-state index contributed by atoms with van der Waals surface area (Å²) in [5, 5.41) is 0. The Kier molecular flexibility index (Phi) is 5.16. The second-order valence-electron chi connectivity index (χ2n) is 9.63. The van der Waals surface area contributed by atoms with Crippen LogP contribution in [-0.2, 0) is 6.42 Å². The van der Waals surface area contributed by atoms with Gasteiger partial charge in [0.25, 0.3) is 0 Å². The van der Waals surface area contributed by atoms with Crippen molar-refractivity contribution in [2.24, 2.45) is 5.92 Å². The number of fused-ring (bicyclic) bond motifs is 5. The van der Waals surface area contributed by atoms with Crippen molar-refractivity contribution in [2.45, 2.75) is 57.9 Å². The van der Waals surface area contributed by atoms with Crippen LogP contribution in [0.1, 0.15) is 73.7 Å². The molecule has 0 saturated heterocycles. The van der Waals surface area contributed by atoms with Gasteiger partial charge in [0.15, 0.2) is 23.0 Å². The summed E-state index contributed by atoms with van der Waals surface area (Å²) in [7, 11) is 3.53. The van der Waals surface area contributed by atoms with Gasteiger partial charge in [0.05, 0.1) is 20.3 Å². The first-order valence-corrected chi connectivity index (χ1v) is 12.4. The lowest BCUT2D eigenvalue weighted by molar-refractivity contribution is 0.174. The van der Waals surface area contributed by atoms with Gasteiger partial charge in [-0.05, 0) is 66.5 Å². The van der Waals surface area contributed by atoms with E-state index in [1.165, 1.54) is 59.2 Å². The molecule has 0 aromatic heterocycles. The second-order valence-corrected chi connectivity index (χ2v) is 9.63. The summed E-state index contributed by atoms with van der Waals surface area (Å²) in [5.41, 5.74) is 8.17. The van der Waals surface area contributed by atoms with Crippen molar-refractivity contribution in [3.05, 3.63) is 46.5 Å². The zero-order valence-corrected chi connectivity index (χ0v) is 19.9. The van der Waals surface area contributed by atoms with Gasteiger partial charge in [-0.2, -0.15) is 0 Å². The van der Waals surface area contributed by atoms with E-state index in [2.05, 4.69) is 36.1 Å². The number of hydrogen-bond donors (Lipinski definition) is 0. The molecule has 4 aliphatic rings. The van der Waals surface area contributed by atoms with Crippen molar-refractivity contribution in [2.75, 3.05) is 27.6 Å². The first-order chi connectivity index (χ1) is 16.2. The average Bonchev–Trinajstić information content (AvgIpc) is 3.53. The Morgan fingerprint density at radius 1 is 1.00 bits per heavy atom. The van der Waals surface area contributed by atoms with Crippen LogP contribution in [0, 0.1) is 5.92 Å². The molecule has 1 fully saturated rings. The van der Waals surface area contributed by atoms with E-state index in [-0.39, 0.29) is 0 Å². The molecule has 1 aliphatic carbocycles. The Bertz CT molecular complexity index is 1120. The molecule has 3 heterocycles. The maximum atomic E-state index is 6.05. The van der Waals surface area contributed by atoms with E-state index in [0.29, 0.717) is 18.8 Å². The average molecular weight is 448 g/mol. The predicted molar refractivity (Wildman–Crippen MR) is 129 cm³/mol. The van der Waals surface area contributed by atoms with Gasteiger partial charge in [-0.25, -0.2) is 0 Å². The lowest BCUT2D eigenvalue weighted by atomic mass is 9.76. The third kappa shape index (κ3) is 3.12. The number of nitrogens with zero attached hydrogens (tertiary/aromatic N) is 1. The van der Waals surface area contributed by atoms with E-state index < -0.39 is 0 Å². The minimum Gasteiger partial charge on any atom is -0.493 e. The molecule has 0 N–H and O–H groups in total. The fraction of sp³-hybridized carbons (Fsp3) is 0.500. The van der Waals surface area contributed by atoms with Gasteiger partial charge in [0.2, 0.25) is 6.79 Å². The Morgan fingerprint density at radius 3 is 2.52 bits per heavy atom. The van der Waals surface area contributed by atoms with E-state index in [1.807, 2.05) is 0 Å². The van der Waals surface area contributed by atoms with Crippen molar-refractivity contribution in [3.63, 3.8) is 0 Å². The van der Waals surface area contributed by atoms with E-state index in [4.69, 9.17) is 18.9 Å². The van der Waals surface area contributed by atoms with Gasteiger partial charge in [-0.15, -0.1) is 0 Å². The van der Waals surface area contributed by atoms with Crippen LogP contribution in [0.2, 0.25) is 0 Å². The molecule has 2 aromatic rings. The molecule has 0 radical (unpaired) electrons. The molecule has 33 heavy (non-hydrogen) atoms. The monoisotopic (exact) mass is 447 g/mol. The van der Waals surface area contributed by atoms with Crippen LogP contribution in [0.5, 0.6) is 23.0 Å². The van der Waals surface area contributed by atoms with Gasteiger partial charge >= 0.3 is 0 Å². The van der Waals surface area contributed by atoms with Crippen molar-refractivity contribution >= 4 is 11.3 Å². The summed E-state index contributed by atoms with van der Waals surface area (Å²) < 4.78 is 23.3. The third-order valence-electron chi connectivity index (χ3n) is 7.94. The van der Waals surface area contributed by atoms with Gasteiger partial charge in [0.1, 0.15) is 0 Å². The van der Waals surface area contributed by atoms with Crippen LogP contribution < -0.4 is 18.9 Å². The second kappa shape index (κ2) is 8.19. The van der Waals surface area contributed by atoms with Crippen LogP contribution >= 0.6 is 0 Å². The summed E-state index contributed by atoms with van der Waals surface area (Å²) in [6.45, 7) is 3.59. The third-order valence-corrected chi connectivity index (χ3v) is 7.94. The lowest BCUT2D eigenvalue weighted by Gasteiger charge is -2.48. The summed E-state index contributed by atoms with van der Waals surface area (Å²) in [6.07, 6.45) is 8.30. The molecule has 5 heteroatoms. The molecule has 1 saturated carbocycles. The Balaban J connectivity index is 1.63. The van der Waals surface area contributed by atoms with E-state index in [0.717, 1.165) is 48.8 Å². The van der Waals surface area contributed by atoms with E-state index in [9.17, 15) is 0 Å². The topological polar surface area (TPSA) is 40.2 Å². The molecule has 1 atom stereocenters. The molecule has 3 aliphatic heterocycles. The maximum absolute atomic E-state index is 6.05. The summed E-state index contributed by atoms with van der Waals surface area (Å²) in [4.78, 5) is 2.70. The Hall–Kier alpha value is -2.82. The molecule has 5 nitrogen and oxygen atoms in total. The number of ether oxygens (including phenoxy) is 4. The highest BCUT2D eigenvalue weighted by Crippen LogP contribution is 2.57. The first kappa shape index (κ1) is 20.8. The van der Waals surface area contributed by atoms with Crippen molar-refractivity contribution in [1.82, 2.24) is 4.90 Å². The Morgan fingerprint density at radius 2 is 1.79 bits per heavy atom. The maximum Gasteiger partial charge on any atom is 0.231 e. The van der Waals surface area contributed by atoms with Gasteiger partial charge in [0, 0.05) is 23.4 Å². The fourth-order valence-corrected chi connectivity index (χ4v) is 6.59. The normalized spacial score (nSPS) is 21.1. The standard InChI is InChI=1S/C28H33NO4/c1-4-7-20-19-10-11-22(30-2)28(31-3)25(19)26(17-8-5-6-9-17)29-13-12-18-14-23-24(33-16-32-23)15-21(18)27(20)29/h10-11,14-15,17,26H,4-9,12-13,16H2,1-3H3/t26-/m0/s1.